The summed E-state index contributed by atoms with van der Waals surface area (Å²) in [5.74, 6) is 2.46. The zero-order valence-electron chi connectivity index (χ0n) is 10.4. The van der Waals surface area contributed by atoms with Crippen LogP contribution >= 0.6 is 50.6 Å². The lowest BCUT2D eigenvalue weighted by Crippen LogP contribution is -1.96. The maximum Gasteiger partial charge on any atom is 0.0529 e. The molecule has 1 atom stereocenters. The fourth-order valence-corrected chi connectivity index (χ4v) is 5.52. The third kappa shape index (κ3) is 3.38. The van der Waals surface area contributed by atoms with Crippen LogP contribution in [0.1, 0.15) is 25.7 Å². The van der Waals surface area contributed by atoms with Crippen LogP contribution in [0.15, 0.2) is 30.3 Å². The second kappa shape index (κ2) is 6.21. The first-order chi connectivity index (χ1) is 9.22. The van der Waals surface area contributed by atoms with E-state index in [1.54, 1.807) is 10.4 Å². The molecule has 1 aliphatic rings. The van der Waals surface area contributed by atoms with Gasteiger partial charge in [0, 0.05) is 20.5 Å². The number of thiophene rings is 1. The molecular formula is C15H14BrClS2. The molecule has 2 aromatic rings. The second-order valence-electron chi connectivity index (χ2n) is 4.70. The molecule has 4 heteroatoms. The number of alkyl halides is 1. The summed E-state index contributed by atoms with van der Waals surface area (Å²) in [6.07, 6.45) is 2.26. The number of aryl methyl sites for hydroxylation is 1. The molecule has 0 radical (unpaired) electrons. The molecular weight excluding hydrogens is 360 g/mol. The third-order valence-electron chi connectivity index (χ3n) is 3.28. The van der Waals surface area contributed by atoms with Crippen LogP contribution in [0.25, 0.3) is 0 Å². The number of hydrogen-bond donors (Lipinski definition) is 0. The Labute approximate surface area is 135 Å². The van der Waals surface area contributed by atoms with Gasteiger partial charge in [-0.1, -0.05) is 39.7 Å². The van der Waals surface area contributed by atoms with Gasteiger partial charge in [0.05, 0.1) is 4.83 Å². The summed E-state index contributed by atoms with van der Waals surface area (Å²) >= 11 is 13.8. The van der Waals surface area contributed by atoms with Gasteiger partial charge in [-0.25, -0.2) is 0 Å². The molecule has 0 amide bonds. The van der Waals surface area contributed by atoms with Crippen molar-refractivity contribution in [1.29, 1.82) is 0 Å². The summed E-state index contributed by atoms with van der Waals surface area (Å²) in [4.78, 5) is 3.46. The topological polar surface area (TPSA) is 0 Å². The Morgan fingerprint density at radius 1 is 1.26 bits per heavy atom. The highest BCUT2D eigenvalue weighted by Gasteiger charge is 2.18. The molecule has 1 unspecified atom stereocenters. The predicted octanol–water partition coefficient (Wildman–Crippen LogP) is 5.87. The molecule has 0 saturated carbocycles. The fraction of sp³-hybridized carbons (Fsp3) is 0.333. The summed E-state index contributed by atoms with van der Waals surface area (Å²) in [6, 6.07) is 10.5. The Hall–Kier alpha value is 0.0400. The lowest BCUT2D eigenvalue weighted by molar-refractivity contribution is 0.968. The van der Waals surface area contributed by atoms with Crippen molar-refractivity contribution in [1.82, 2.24) is 0 Å². The van der Waals surface area contributed by atoms with Gasteiger partial charge in [0.1, 0.15) is 0 Å². The van der Waals surface area contributed by atoms with Gasteiger partial charge in [0.25, 0.3) is 0 Å². The van der Waals surface area contributed by atoms with Crippen LogP contribution in [-0.2, 0) is 18.6 Å². The molecule has 0 bridgehead atoms. The molecule has 1 aromatic carbocycles. The van der Waals surface area contributed by atoms with E-state index in [0.29, 0.717) is 4.83 Å². The van der Waals surface area contributed by atoms with Crippen molar-refractivity contribution in [3.05, 3.63) is 56.2 Å². The van der Waals surface area contributed by atoms with Crippen molar-refractivity contribution in [3.8, 4) is 0 Å². The summed E-state index contributed by atoms with van der Waals surface area (Å²) in [6.45, 7) is 0. The highest BCUT2D eigenvalue weighted by Crippen LogP contribution is 2.38. The molecule has 0 nitrogen and oxygen atoms in total. The van der Waals surface area contributed by atoms with E-state index in [9.17, 15) is 0 Å². The lowest BCUT2D eigenvalue weighted by Gasteiger charge is -2.08. The first-order valence-corrected chi connectivity index (χ1v) is 9.56. The van der Waals surface area contributed by atoms with Gasteiger partial charge in [-0.15, -0.1) is 11.3 Å². The number of halogens is 2. The van der Waals surface area contributed by atoms with Crippen LogP contribution in [0.5, 0.6) is 0 Å². The Morgan fingerprint density at radius 3 is 2.79 bits per heavy atom. The zero-order valence-corrected chi connectivity index (χ0v) is 14.3. The highest BCUT2D eigenvalue weighted by atomic mass is 79.9. The number of benzene rings is 1. The Bertz CT molecular complexity index is 539. The summed E-state index contributed by atoms with van der Waals surface area (Å²) < 4.78 is 0. The fourth-order valence-electron chi connectivity index (χ4n) is 2.25. The zero-order chi connectivity index (χ0) is 13.2. The van der Waals surface area contributed by atoms with Crippen LogP contribution in [0, 0.1) is 0 Å². The molecule has 100 valence electrons. The molecule has 0 spiro atoms. The van der Waals surface area contributed by atoms with Crippen molar-refractivity contribution >= 4 is 50.6 Å². The largest absolute Gasteiger partial charge is 0.157 e. The third-order valence-corrected chi connectivity index (χ3v) is 7.01. The van der Waals surface area contributed by atoms with Gasteiger partial charge in [-0.3, -0.25) is 0 Å². The minimum Gasteiger partial charge on any atom is -0.157 e. The Kier molecular flexibility index (Phi) is 4.58. The molecule has 0 saturated heterocycles. The first-order valence-electron chi connectivity index (χ1n) is 6.30. The molecule has 3 rings (SSSR count). The van der Waals surface area contributed by atoms with Gasteiger partial charge in [0.2, 0.25) is 0 Å². The average Bonchev–Trinajstić information content (AvgIpc) is 2.85. The molecule has 1 aromatic heterocycles. The van der Waals surface area contributed by atoms with E-state index in [1.807, 2.05) is 35.2 Å². The van der Waals surface area contributed by atoms with E-state index in [2.05, 4.69) is 34.1 Å². The highest BCUT2D eigenvalue weighted by molar-refractivity contribution is 9.09. The molecule has 0 aliphatic carbocycles. The lowest BCUT2D eigenvalue weighted by atomic mass is 10.1. The van der Waals surface area contributed by atoms with E-state index < -0.39 is 0 Å². The van der Waals surface area contributed by atoms with Crippen molar-refractivity contribution in [2.45, 2.75) is 23.4 Å². The van der Waals surface area contributed by atoms with Crippen LogP contribution < -0.4 is 0 Å². The van der Waals surface area contributed by atoms with Crippen LogP contribution in [0.4, 0.5) is 0 Å². The van der Waals surface area contributed by atoms with Gasteiger partial charge in [0.15, 0.2) is 0 Å². The van der Waals surface area contributed by atoms with Gasteiger partial charge in [-0.05, 0) is 47.9 Å². The monoisotopic (exact) mass is 372 g/mol. The maximum absolute atomic E-state index is 5.92. The van der Waals surface area contributed by atoms with Crippen molar-refractivity contribution in [2.24, 2.45) is 0 Å². The molecule has 19 heavy (non-hydrogen) atoms. The van der Waals surface area contributed by atoms with Crippen LogP contribution in [0.3, 0.4) is 0 Å². The number of fused-ring (bicyclic) bond motifs is 1. The number of hydrogen-bond acceptors (Lipinski definition) is 2. The molecule has 0 fully saturated rings. The van der Waals surface area contributed by atoms with E-state index >= 15 is 0 Å². The number of thioether (sulfide) groups is 1. The van der Waals surface area contributed by atoms with Crippen LogP contribution in [-0.4, -0.2) is 5.75 Å². The molecule has 2 heterocycles. The average molecular weight is 374 g/mol. The van der Waals surface area contributed by atoms with E-state index in [0.717, 1.165) is 11.4 Å². The van der Waals surface area contributed by atoms with Crippen LogP contribution in [0.2, 0.25) is 5.02 Å². The minimum atomic E-state index is 0.411. The normalized spacial score (nSPS) is 16.1. The summed E-state index contributed by atoms with van der Waals surface area (Å²) in [5.41, 5.74) is 2.88. The summed E-state index contributed by atoms with van der Waals surface area (Å²) in [5, 5.41) is 0.804. The standard InChI is InChI=1S/C15H14BrClS2/c16-13(7-10-1-3-12(17)4-2-10)15-8-11-9-18-6-5-14(11)19-15/h1-4,8,13H,5-7,9H2. The minimum absolute atomic E-state index is 0.411. The van der Waals surface area contributed by atoms with Gasteiger partial charge >= 0.3 is 0 Å². The second-order valence-corrected chi connectivity index (χ2v) is 8.51. The molecule has 1 aliphatic heterocycles. The first kappa shape index (κ1) is 14.0. The quantitative estimate of drug-likeness (QED) is 0.606. The predicted molar refractivity (Wildman–Crippen MR) is 91.0 cm³/mol. The smallest absolute Gasteiger partial charge is 0.0529 e. The molecule has 0 N–H and O–H groups in total. The van der Waals surface area contributed by atoms with Crippen molar-refractivity contribution in [3.63, 3.8) is 0 Å². The number of rotatable bonds is 3. The van der Waals surface area contributed by atoms with Gasteiger partial charge < -0.3 is 0 Å². The van der Waals surface area contributed by atoms with Gasteiger partial charge in [-0.2, -0.15) is 11.8 Å². The van der Waals surface area contributed by atoms with E-state index in [1.165, 1.54) is 28.4 Å². The Morgan fingerprint density at radius 2 is 2.05 bits per heavy atom. The summed E-state index contributed by atoms with van der Waals surface area (Å²) in [7, 11) is 0. The van der Waals surface area contributed by atoms with E-state index in [-0.39, 0.29) is 0 Å². The van der Waals surface area contributed by atoms with Crippen molar-refractivity contribution < 1.29 is 0 Å². The maximum atomic E-state index is 5.92. The van der Waals surface area contributed by atoms with E-state index in [4.69, 9.17) is 11.6 Å². The Balaban J connectivity index is 1.74. The van der Waals surface area contributed by atoms with Crippen molar-refractivity contribution in [2.75, 3.05) is 5.75 Å². The SMILES string of the molecule is Clc1ccc(CC(Br)c2cc3c(s2)CCSC3)cc1.